The van der Waals surface area contributed by atoms with E-state index in [1.165, 1.54) is 12.1 Å². The Morgan fingerprint density at radius 3 is 3.00 bits per heavy atom. The van der Waals surface area contributed by atoms with Crippen LogP contribution in [0.2, 0.25) is 5.02 Å². The van der Waals surface area contributed by atoms with Crippen molar-refractivity contribution in [3.63, 3.8) is 0 Å². The van der Waals surface area contributed by atoms with E-state index in [2.05, 4.69) is 6.92 Å². The lowest BCUT2D eigenvalue weighted by Crippen LogP contribution is -2.39. The van der Waals surface area contributed by atoms with Gasteiger partial charge in [-0.05, 0) is 37.0 Å². The molecule has 4 heteroatoms. The molecule has 1 aromatic rings. The van der Waals surface area contributed by atoms with Gasteiger partial charge in [0, 0.05) is 18.1 Å². The number of phenolic OH excluding ortho intramolecular Hbond substituents is 1. The maximum atomic E-state index is 12.2. The van der Waals surface area contributed by atoms with Crippen LogP contribution in [0.5, 0.6) is 5.75 Å². The Hall–Kier alpha value is -1.22. The molecule has 2 rings (SSSR count). The van der Waals surface area contributed by atoms with Crippen LogP contribution in [0, 0.1) is 5.92 Å². The zero-order chi connectivity index (χ0) is 12.4. The molecule has 0 saturated carbocycles. The van der Waals surface area contributed by atoms with Gasteiger partial charge in [0.2, 0.25) is 0 Å². The molecule has 1 fully saturated rings. The van der Waals surface area contributed by atoms with Crippen LogP contribution in [0.4, 0.5) is 0 Å². The number of carbonyl (C=O) groups excluding carboxylic acids is 1. The molecule has 1 heterocycles. The van der Waals surface area contributed by atoms with E-state index in [9.17, 15) is 9.90 Å². The maximum Gasteiger partial charge on any atom is 0.257 e. The van der Waals surface area contributed by atoms with Crippen LogP contribution in [0.25, 0.3) is 0 Å². The summed E-state index contributed by atoms with van der Waals surface area (Å²) in [6.07, 6.45) is 2.18. The molecule has 0 aliphatic carbocycles. The van der Waals surface area contributed by atoms with E-state index in [0.29, 0.717) is 16.5 Å². The number of hydrogen-bond acceptors (Lipinski definition) is 2. The van der Waals surface area contributed by atoms with Crippen LogP contribution >= 0.6 is 11.6 Å². The average molecular weight is 254 g/mol. The lowest BCUT2D eigenvalue weighted by molar-refractivity contribution is 0.0680. The molecule has 17 heavy (non-hydrogen) atoms. The second kappa shape index (κ2) is 4.96. The lowest BCUT2D eigenvalue weighted by Gasteiger charge is -2.31. The Morgan fingerprint density at radius 2 is 2.29 bits per heavy atom. The topological polar surface area (TPSA) is 40.5 Å². The summed E-state index contributed by atoms with van der Waals surface area (Å²) < 4.78 is 0. The Bertz CT molecular complexity index is 433. The summed E-state index contributed by atoms with van der Waals surface area (Å²) in [6, 6.07) is 4.56. The van der Waals surface area contributed by atoms with Crippen molar-refractivity contribution in [3.05, 3.63) is 28.8 Å². The molecule has 1 atom stereocenters. The zero-order valence-electron chi connectivity index (χ0n) is 9.82. The number of hydrogen-bond donors (Lipinski definition) is 1. The summed E-state index contributed by atoms with van der Waals surface area (Å²) in [5, 5.41) is 10.2. The van der Waals surface area contributed by atoms with Gasteiger partial charge in [0.25, 0.3) is 5.91 Å². The molecule has 1 saturated heterocycles. The molecule has 1 aliphatic heterocycles. The number of piperidine rings is 1. The molecule has 0 aromatic heterocycles. The number of likely N-dealkylation sites (tertiary alicyclic amines) is 1. The number of amides is 1. The van der Waals surface area contributed by atoms with Crippen molar-refractivity contribution in [1.29, 1.82) is 0 Å². The van der Waals surface area contributed by atoms with E-state index in [1.54, 1.807) is 11.0 Å². The molecule has 92 valence electrons. The summed E-state index contributed by atoms with van der Waals surface area (Å²) in [4.78, 5) is 14.0. The first-order chi connectivity index (χ1) is 8.08. The molecule has 1 N–H and O–H groups in total. The Kier molecular flexibility index (Phi) is 3.57. The minimum absolute atomic E-state index is 0.00220. The molecule has 3 nitrogen and oxygen atoms in total. The van der Waals surface area contributed by atoms with Gasteiger partial charge in [-0.2, -0.15) is 0 Å². The number of halogens is 1. The molecule has 1 aromatic carbocycles. The number of nitrogens with zero attached hydrogens (tertiary/aromatic N) is 1. The number of benzene rings is 1. The average Bonchev–Trinajstić information content (AvgIpc) is 2.31. The van der Waals surface area contributed by atoms with Crippen LogP contribution < -0.4 is 0 Å². The first kappa shape index (κ1) is 12.2. The largest absolute Gasteiger partial charge is 0.507 e. The second-order valence-electron chi connectivity index (χ2n) is 4.66. The van der Waals surface area contributed by atoms with Crippen molar-refractivity contribution >= 4 is 17.5 Å². The van der Waals surface area contributed by atoms with Gasteiger partial charge >= 0.3 is 0 Å². The minimum atomic E-state index is -0.128. The predicted octanol–water partition coefficient (Wildman–Crippen LogP) is 2.92. The number of rotatable bonds is 1. The van der Waals surface area contributed by atoms with E-state index in [-0.39, 0.29) is 11.7 Å². The van der Waals surface area contributed by atoms with Crippen molar-refractivity contribution in [2.24, 2.45) is 5.92 Å². The molecule has 1 unspecified atom stereocenters. The SMILES string of the molecule is CC1CCCN(C(=O)c2cc(Cl)ccc2O)C1. The highest BCUT2D eigenvalue weighted by Crippen LogP contribution is 2.25. The van der Waals surface area contributed by atoms with Crippen molar-refractivity contribution in [2.45, 2.75) is 19.8 Å². The molecule has 1 aliphatic rings. The summed E-state index contributed by atoms with van der Waals surface area (Å²) in [5.41, 5.74) is 0.298. The first-order valence-corrected chi connectivity index (χ1v) is 6.23. The summed E-state index contributed by atoms with van der Waals surface area (Å²) in [7, 11) is 0. The fourth-order valence-corrected chi connectivity index (χ4v) is 2.40. The lowest BCUT2D eigenvalue weighted by atomic mass is 9.99. The van der Waals surface area contributed by atoms with E-state index >= 15 is 0 Å². The van der Waals surface area contributed by atoms with Gasteiger partial charge in [0.15, 0.2) is 0 Å². The van der Waals surface area contributed by atoms with E-state index in [1.807, 2.05) is 0 Å². The quantitative estimate of drug-likeness (QED) is 0.836. The summed E-state index contributed by atoms with van der Waals surface area (Å²) in [5.74, 6) is 0.392. The molecule has 0 bridgehead atoms. The molecule has 0 spiro atoms. The van der Waals surface area contributed by atoms with Crippen molar-refractivity contribution < 1.29 is 9.90 Å². The van der Waals surface area contributed by atoms with Gasteiger partial charge in [-0.25, -0.2) is 0 Å². The molecular weight excluding hydrogens is 238 g/mol. The predicted molar refractivity (Wildman–Crippen MR) is 67.4 cm³/mol. The van der Waals surface area contributed by atoms with Gasteiger partial charge in [0.05, 0.1) is 5.56 Å². The van der Waals surface area contributed by atoms with Gasteiger partial charge in [-0.3, -0.25) is 4.79 Å². The minimum Gasteiger partial charge on any atom is -0.507 e. The van der Waals surface area contributed by atoms with Gasteiger partial charge in [-0.1, -0.05) is 18.5 Å². The normalized spacial score (nSPS) is 20.4. The monoisotopic (exact) mass is 253 g/mol. The third-order valence-electron chi connectivity index (χ3n) is 3.13. The number of phenols is 1. The summed E-state index contributed by atoms with van der Waals surface area (Å²) >= 11 is 5.85. The highest BCUT2D eigenvalue weighted by molar-refractivity contribution is 6.31. The van der Waals surface area contributed by atoms with Crippen molar-refractivity contribution in [3.8, 4) is 5.75 Å². The third kappa shape index (κ3) is 2.72. The number of aromatic hydroxyl groups is 1. The highest BCUT2D eigenvalue weighted by atomic mass is 35.5. The standard InChI is InChI=1S/C13H16ClNO2/c1-9-3-2-6-15(8-9)13(17)11-7-10(14)4-5-12(11)16/h4-5,7,9,16H,2-3,6,8H2,1H3. The zero-order valence-corrected chi connectivity index (χ0v) is 10.6. The Balaban J connectivity index is 2.21. The van der Waals surface area contributed by atoms with Crippen LogP contribution in [0.15, 0.2) is 18.2 Å². The fourth-order valence-electron chi connectivity index (χ4n) is 2.22. The van der Waals surface area contributed by atoms with Crippen molar-refractivity contribution in [1.82, 2.24) is 4.90 Å². The molecule has 1 amide bonds. The molecule has 0 radical (unpaired) electrons. The van der Waals surface area contributed by atoms with E-state index in [4.69, 9.17) is 11.6 Å². The van der Waals surface area contributed by atoms with Crippen LogP contribution in [0.3, 0.4) is 0 Å². The Morgan fingerprint density at radius 1 is 1.53 bits per heavy atom. The summed E-state index contributed by atoms with van der Waals surface area (Å²) in [6.45, 7) is 3.65. The van der Waals surface area contributed by atoms with E-state index < -0.39 is 0 Å². The van der Waals surface area contributed by atoms with Gasteiger partial charge in [-0.15, -0.1) is 0 Å². The Labute approximate surface area is 106 Å². The highest BCUT2D eigenvalue weighted by Gasteiger charge is 2.23. The van der Waals surface area contributed by atoms with E-state index in [0.717, 1.165) is 25.9 Å². The maximum absolute atomic E-state index is 12.2. The van der Waals surface area contributed by atoms with Gasteiger partial charge < -0.3 is 10.0 Å². The fraction of sp³-hybridized carbons (Fsp3) is 0.462. The van der Waals surface area contributed by atoms with Gasteiger partial charge in [0.1, 0.15) is 5.75 Å². The van der Waals surface area contributed by atoms with Crippen LogP contribution in [-0.4, -0.2) is 29.0 Å². The number of carbonyl (C=O) groups is 1. The first-order valence-electron chi connectivity index (χ1n) is 5.85. The molecular formula is C13H16ClNO2. The smallest absolute Gasteiger partial charge is 0.257 e. The third-order valence-corrected chi connectivity index (χ3v) is 3.37. The van der Waals surface area contributed by atoms with Crippen LogP contribution in [-0.2, 0) is 0 Å². The second-order valence-corrected chi connectivity index (χ2v) is 5.10. The van der Waals surface area contributed by atoms with Crippen LogP contribution in [0.1, 0.15) is 30.1 Å². The van der Waals surface area contributed by atoms with Crippen molar-refractivity contribution in [2.75, 3.05) is 13.1 Å².